The van der Waals surface area contributed by atoms with Crippen molar-refractivity contribution in [3.63, 3.8) is 0 Å². The fourth-order valence-corrected chi connectivity index (χ4v) is 4.28. The third-order valence-electron chi connectivity index (χ3n) is 5.62. The molecule has 27 heavy (non-hydrogen) atoms. The molecule has 0 saturated carbocycles. The summed E-state index contributed by atoms with van der Waals surface area (Å²) in [7, 11) is 0. The molecule has 0 unspecified atom stereocenters. The highest BCUT2D eigenvalue weighted by atomic mass is 16.5. The molecule has 2 fully saturated rings. The summed E-state index contributed by atoms with van der Waals surface area (Å²) < 4.78 is 6.09. The second kappa shape index (κ2) is 8.36. The topological polar surface area (TPSA) is 45.7 Å². The van der Waals surface area contributed by atoms with Crippen LogP contribution in [0, 0.1) is 6.92 Å². The first-order chi connectivity index (χ1) is 13.2. The molecule has 1 aromatic carbocycles. The zero-order valence-corrected chi connectivity index (χ0v) is 16.2. The van der Waals surface area contributed by atoms with E-state index in [9.17, 15) is 4.79 Å². The fraction of sp³-hybridized carbons (Fsp3) is 0.545. The lowest BCUT2D eigenvalue weighted by Crippen LogP contribution is -2.44. The Labute approximate surface area is 161 Å². The van der Waals surface area contributed by atoms with Gasteiger partial charge in [0.2, 0.25) is 0 Å². The number of ether oxygens (including phenoxy) is 1. The SMILES string of the molecule is Cc1cc(C(=O)N2CCCO[C@H](CN3CCCCC3)C2)c2ccccc2n1. The van der Waals surface area contributed by atoms with Gasteiger partial charge in [-0.05, 0) is 51.4 Å². The predicted molar refractivity (Wildman–Crippen MR) is 107 cm³/mol. The van der Waals surface area contributed by atoms with Crippen LogP contribution in [-0.4, -0.2) is 66.1 Å². The maximum atomic E-state index is 13.4. The third-order valence-corrected chi connectivity index (χ3v) is 5.62. The summed E-state index contributed by atoms with van der Waals surface area (Å²) in [5, 5.41) is 0.936. The van der Waals surface area contributed by atoms with Crippen molar-refractivity contribution in [3.8, 4) is 0 Å². The van der Waals surface area contributed by atoms with E-state index in [-0.39, 0.29) is 12.0 Å². The minimum Gasteiger partial charge on any atom is -0.375 e. The van der Waals surface area contributed by atoms with Crippen LogP contribution in [0.15, 0.2) is 30.3 Å². The molecule has 144 valence electrons. The lowest BCUT2D eigenvalue weighted by molar-refractivity contribution is 0.0217. The van der Waals surface area contributed by atoms with Gasteiger partial charge in [0, 0.05) is 37.3 Å². The first-order valence-electron chi connectivity index (χ1n) is 10.2. The Bertz CT molecular complexity index is 801. The van der Waals surface area contributed by atoms with E-state index in [2.05, 4.69) is 9.88 Å². The van der Waals surface area contributed by atoms with Crippen molar-refractivity contribution in [2.75, 3.05) is 39.3 Å². The van der Waals surface area contributed by atoms with Crippen LogP contribution in [0.3, 0.4) is 0 Å². The Balaban J connectivity index is 1.53. The maximum Gasteiger partial charge on any atom is 0.254 e. The third kappa shape index (κ3) is 4.30. The van der Waals surface area contributed by atoms with Crippen LogP contribution in [0.25, 0.3) is 10.9 Å². The highest BCUT2D eigenvalue weighted by Gasteiger charge is 2.26. The largest absolute Gasteiger partial charge is 0.375 e. The van der Waals surface area contributed by atoms with Gasteiger partial charge in [0.1, 0.15) is 0 Å². The van der Waals surface area contributed by atoms with Crippen molar-refractivity contribution in [2.24, 2.45) is 0 Å². The Morgan fingerprint density at radius 2 is 1.96 bits per heavy atom. The number of nitrogens with zero attached hydrogens (tertiary/aromatic N) is 3. The number of rotatable bonds is 3. The van der Waals surface area contributed by atoms with Crippen LogP contribution in [-0.2, 0) is 4.74 Å². The molecule has 2 aliphatic heterocycles. The number of hydrogen-bond donors (Lipinski definition) is 0. The van der Waals surface area contributed by atoms with Crippen molar-refractivity contribution in [2.45, 2.75) is 38.7 Å². The lowest BCUT2D eigenvalue weighted by atomic mass is 10.1. The molecule has 0 aliphatic carbocycles. The van der Waals surface area contributed by atoms with Crippen LogP contribution in [0.1, 0.15) is 41.7 Å². The van der Waals surface area contributed by atoms with E-state index >= 15 is 0 Å². The zero-order chi connectivity index (χ0) is 18.6. The standard InChI is InChI=1S/C22H29N3O2/c1-17-14-20(19-8-3-4-9-21(19)23-17)22(26)25-12-7-13-27-18(16-25)15-24-10-5-2-6-11-24/h3-4,8-9,14,18H,2,5-7,10-13,15-16H2,1H3/t18-/m1/s1. The van der Waals surface area contributed by atoms with E-state index in [1.54, 1.807) is 0 Å². The smallest absolute Gasteiger partial charge is 0.254 e. The Morgan fingerprint density at radius 3 is 2.81 bits per heavy atom. The van der Waals surface area contributed by atoms with Gasteiger partial charge in [-0.2, -0.15) is 0 Å². The molecule has 1 aromatic heterocycles. The summed E-state index contributed by atoms with van der Waals surface area (Å²) in [6.45, 7) is 7.35. The van der Waals surface area contributed by atoms with Crippen LogP contribution in [0.2, 0.25) is 0 Å². The number of pyridine rings is 1. The number of hydrogen-bond acceptors (Lipinski definition) is 4. The molecule has 0 radical (unpaired) electrons. The summed E-state index contributed by atoms with van der Waals surface area (Å²) in [6.07, 6.45) is 4.88. The van der Waals surface area contributed by atoms with Gasteiger partial charge >= 0.3 is 0 Å². The van der Waals surface area contributed by atoms with Crippen molar-refractivity contribution in [1.82, 2.24) is 14.8 Å². The van der Waals surface area contributed by atoms with E-state index in [1.807, 2.05) is 42.2 Å². The summed E-state index contributed by atoms with van der Waals surface area (Å²) in [5.74, 6) is 0.103. The first-order valence-corrected chi connectivity index (χ1v) is 10.2. The average molecular weight is 367 g/mol. The highest BCUT2D eigenvalue weighted by Crippen LogP contribution is 2.21. The van der Waals surface area contributed by atoms with Crippen LogP contribution in [0.5, 0.6) is 0 Å². The van der Waals surface area contributed by atoms with E-state index in [1.165, 1.54) is 19.3 Å². The van der Waals surface area contributed by atoms with Gasteiger partial charge in [0.25, 0.3) is 5.91 Å². The van der Waals surface area contributed by atoms with Crippen LogP contribution < -0.4 is 0 Å². The van der Waals surface area contributed by atoms with Crippen LogP contribution >= 0.6 is 0 Å². The van der Waals surface area contributed by atoms with E-state index < -0.39 is 0 Å². The van der Waals surface area contributed by atoms with Crippen molar-refractivity contribution < 1.29 is 9.53 Å². The number of fused-ring (bicyclic) bond motifs is 1. The lowest BCUT2D eigenvalue weighted by Gasteiger charge is -2.31. The monoisotopic (exact) mass is 367 g/mol. The van der Waals surface area contributed by atoms with Gasteiger partial charge in [-0.15, -0.1) is 0 Å². The molecule has 0 N–H and O–H groups in total. The number of likely N-dealkylation sites (tertiary alicyclic amines) is 1. The molecular weight excluding hydrogens is 338 g/mol. The predicted octanol–water partition coefficient (Wildman–Crippen LogP) is 3.26. The second-order valence-corrected chi connectivity index (χ2v) is 7.79. The van der Waals surface area contributed by atoms with Crippen LogP contribution in [0.4, 0.5) is 0 Å². The molecular formula is C22H29N3O2. The second-order valence-electron chi connectivity index (χ2n) is 7.79. The summed E-state index contributed by atoms with van der Waals surface area (Å²) in [4.78, 5) is 22.4. The minimum absolute atomic E-state index is 0.101. The molecule has 2 aliphatic rings. The van der Waals surface area contributed by atoms with Gasteiger partial charge in [-0.1, -0.05) is 24.6 Å². The molecule has 1 atom stereocenters. The number of para-hydroxylation sites is 1. The van der Waals surface area contributed by atoms with Crippen molar-refractivity contribution in [3.05, 3.63) is 41.6 Å². The van der Waals surface area contributed by atoms with Gasteiger partial charge in [0.15, 0.2) is 0 Å². The fourth-order valence-electron chi connectivity index (χ4n) is 4.28. The molecule has 0 bridgehead atoms. The molecule has 3 heterocycles. The number of piperidine rings is 1. The quantitative estimate of drug-likeness (QED) is 0.835. The number of carbonyl (C=O) groups excluding carboxylic acids is 1. The highest BCUT2D eigenvalue weighted by molar-refractivity contribution is 6.06. The number of carbonyl (C=O) groups is 1. The zero-order valence-electron chi connectivity index (χ0n) is 16.2. The number of amides is 1. The molecule has 1 amide bonds. The van der Waals surface area contributed by atoms with Crippen molar-refractivity contribution >= 4 is 16.8 Å². The summed E-state index contributed by atoms with van der Waals surface area (Å²) in [5.41, 5.74) is 2.53. The molecule has 5 nitrogen and oxygen atoms in total. The van der Waals surface area contributed by atoms with Gasteiger partial charge in [-0.3, -0.25) is 9.78 Å². The number of aryl methyl sites for hydroxylation is 1. The number of benzene rings is 1. The molecule has 2 aromatic rings. The summed E-state index contributed by atoms with van der Waals surface area (Å²) >= 11 is 0. The molecule has 2 saturated heterocycles. The van der Waals surface area contributed by atoms with Gasteiger partial charge in [0.05, 0.1) is 17.2 Å². The van der Waals surface area contributed by atoms with E-state index in [0.717, 1.165) is 61.4 Å². The first kappa shape index (κ1) is 18.4. The molecule has 4 rings (SSSR count). The Morgan fingerprint density at radius 1 is 1.15 bits per heavy atom. The average Bonchev–Trinajstić information content (AvgIpc) is 2.93. The van der Waals surface area contributed by atoms with Crippen molar-refractivity contribution in [1.29, 1.82) is 0 Å². The van der Waals surface area contributed by atoms with Gasteiger partial charge < -0.3 is 14.5 Å². The Kier molecular flexibility index (Phi) is 5.69. The molecule has 0 spiro atoms. The minimum atomic E-state index is 0.101. The van der Waals surface area contributed by atoms with Gasteiger partial charge in [-0.25, -0.2) is 0 Å². The molecule has 5 heteroatoms. The van der Waals surface area contributed by atoms with E-state index in [0.29, 0.717) is 6.54 Å². The maximum absolute atomic E-state index is 13.4. The summed E-state index contributed by atoms with van der Waals surface area (Å²) in [6, 6.07) is 9.84. The number of aromatic nitrogens is 1. The normalized spacial score (nSPS) is 22.0. The van der Waals surface area contributed by atoms with E-state index in [4.69, 9.17) is 4.74 Å². The Hall–Kier alpha value is -1.98.